The van der Waals surface area contributed by atoms with Crippen LogP contribution in [0.15, 0.2) is 84.9 Å². The number of ether oxygens (including phenoxy) is 1. The molecule has 5 heteroatoms. The lowest BCUT2D eigenvalue weighted by molar-refractivity contribution is -0.141. The van der Waals surface area contributed by atoms with Crippen molar-refractivity contribution in [3.05, 3.63) is 102 Å². The van der Waals surface area contributed by atoms with Crippen molar-refractivity contribution in [3.8, 4) is 5.75 Å². The van der Waals surface area contributed by atoms with Gasteiger partial charge in [-0.25, -0.2) is 0 Å². The lowest BCUT2D eigenvalue weighted by Gasteiger charge is -2.30. The number of hydrogen-bond acceptors (Lipinski definition) is 3. The maximum Gasteiger partial charge on any atom is 0.242 e. The quantitative estimate of drug-likeness (QED) is 0.498. The number of aryl methyl sites for hydroxylation is 1. The van der Waals surface area contributed by atoms with Crippen molar-refractivity contribution in [3.63, 3.8) is 0 Å². The molecule has 0 radical (unpaired) electrons. The van der Waals surface area contributed by atoms with E-state index >= 15 is 0 Å². The summed E-state index contributed by atoms with van der Waals surface area (Å²) in [6.07, 6.45) is 3.61. The molecule has 4 rings (SSSR count). The van der Waals surface area contributed by atoms with Gasteiger partial charge in [0.05, 0.1) is 0 Å². The molecule has 0 bridgehead atoms. The SMILES string of the molecule is O=C1NCCCCC1N(Cc1ccc(OCc2ccccc2)cc1)C(=O)CCc1ccccc1. The van der Waals surface area contributed by atoms with Gasteiger partial charge in [-0.2, -0.15) is 0 Å². The van der Waals surface area contributed by atoms with Gasteiger partial charge < -0.3 is 15.0 Å². The predicted octanol–water partition coefficient (Wildman–Crippen LogP) is 4.90. The summed E-state index contributed by atoms with van der Waals surface area (Å²) in [5, 5.41) is 2.98. The highest BCUT2D eigenvalue weighted by molar-refractivity contribution is 5.88. The molecule has 1 atom stereocenters. The van der Waals surface area contributed by atoms with Gasteiger partial charge >= 0.3 is 0 Å². The van der Waals surface area contributed by atoms with Gasteiger partial charge in [-0.3, -0.25) is 9.59 Å². The number of amides is 2. The molecule has 0 spiro atoms. The molecule has 176 valence electrons. The Labute approximate surface area is 201 Å². The van der Waals surface area contributed by atoms with Gasteiger partial charge in [-0.15, -0.1) is 0 Å². The second kappa shape index (κ2) is 12.0. The minimum Gasteiger partial charge on any atom is -0.489 e. The van der Waals surface area contributed by atoms with Crippen LogP contribution in [0.25, 0.3) is 0 Å². The fraction of sp³-hybridized carbons (Fsp3) is 0.310. The molecule has 1 saturated heterocycles. The third-order valence-electron chi connectivity index (χ3n) is 6.20. The summed E-state index contributed by atoms with van der Waals surface area (Å²) >= 11 is 0. The number of hydrogen-bond donors (Lipinski definition) is 1. The van der Waals surface area contributed by atoms with Crippen LogP contribution in [0.4, 0.5) is 0 Å². The zero-order chi connectivity index (χ0) is 23.6. The first-order chi connectivity index (χ1) is 16.7. The van der Waals surface area contributed by atoms with E-state index in [4.69, 9.17) is 4.74 Å². The fourth-order valence-electron chi connectivity index (χ4n) is 4.26. The lowest BCUT2D eigenvalue weighted by Crippen LogP contribution is -2.48. The minimum absolute atomic E-state index is 0.00954. The van der Waals surface area contributed by atoms with Gasteiger partial charge in [-0.1, -0.05) is 72.8 Å². The van der Waals surface area contributed by atoms with Crippen molar-refractivity contribution in [2.45, 2.75) is 51.3 Å². The van der Waals surface area contributed by atoms with Crippen molar-refractivity contribution in [1.82, 2.24) is 10.2 Å². The second-order valence-corrected chi connectivity index (χ2v) is 8.73. The molecule has 0 aromatic heterocycles. The predicted molar refractivity (Wildman–Crippen MR) is 133 cm³/mol. The minimum atomic E-state index is -0.431. The average molecular weight is 457 g/mol. The maximum absolute atomic E-state index is 13.3. The van der Waals surface area contributed by atoms with Gasteiger partial charge in [0.25, 0.3) is 0 Å². The molecule has 1 aliphatic rings. The molecule has 1 aliphatic heterocycles. The van der Waals surface area contributed by atoms with Crippen molar-refractivity contribution in [1.29, 1.82) is 0 Å². The Hall–Kier alpha value is -3.60. The van der Waals surface area contributed by atoms with Gasteiger partial charge in [0.2, 0.25) is 11.8 Å². The van der Waals surface area contributed by atoms with Crippen molar-refractivity contribution < 1.29 is 14.3 Å². The first kappa shape index (κ1) is 23.6. The highest BCUT2D eigenvalue weighted by atomic mass is 16.5. The number of carbonyl (C=O) groups excluding carboxylic acids is 2. The molecule has 5 nitrogen and oxygen atoms in total. The number of rotatable bonds is 9. The summed E-state index contributed by atoms with van der Waals surface area (Å²) in [5.41, 5.74) is 3.22. The van der Waals surface area contributed by atoms with Gasteiger partial charge in [-0.05, 0) is 54.5 Å². The zero-order valence-corrected chi connectivity index (χ0v) is 19.5. The number of nitrogens with one attached hydrogen (secondary N) is 1. The number of nitrogens with zero attached hydrogens (tertiary/aromatic N) is 1. The molecule has 0 aliphatic carbocycles. The molecule has 1 N–H and O–H groups in total. The Kier molecular flexibility index (Phi) is 8.33. The summed E-state index contributed by atoms with van der Waals surface area (Å²) in [5.74, 6) is 0.741. The normalized spacial score (nSPS) is 15.8. The molecule has 3 aromatic rings. The first-order valence-corrected chi connectivity index (χ1v) is 12.1. The smallest absolute Gasteiger partial charge is 0.242 e. The highest BCUT2D eigenvalue weighted by Gasteiger charge is 2.30. The Morgan fingerprint density at radius 2 is 1.53 bits per heavy atom. The number of carbonyl (C=O) groups is 2. The third kappa shape index (κ3) is 6.70. The monoisotopic (exact) mass is 456 g/mol. The molecule has 1 fully saturated rings. The van der Waals surface area contributed by atoms with E-state index in [-0.39, 0.29) is 11.8 Å². The van der Waals surface area contributed by atoms with Crippen molar-refractivity contribution >= 4 is 11.8 Å². The van der Waals surface area contributed by atoms with Crippen molar-refractivity contribution in [2.24, 2.45) is 0 Å². The molecule has 34 heavy (non-hydrogen) atoms. The van der Waals surface area contributed by atoms with E-state index in [0.717, 1.165) is 35.3 Å². The van der Waals surface area contributed by atoms with E-state index in [1.54, 1.807) is 4.90 Å². The average Bonchev–Trinajstić information content (AvgIpc) is 3.10. The summed E-state index contributed by atoms with van der Waals surface area (Å²) < 4.78 is 5.89. The van der Waals surface area contributed by atoms with E-state index in [9.17, 15) is 9.59 Å². The Morgan fingerprint density at radius 3 is 2.24 bits per heavy atom. The van der Waals surface area contributed by atoms with E-state index < -0.39 is 6.04 Å². The molecule has 1 unspecified atom stereocenters. The van der Waals surface area contributed by atoms with Gasteiger partial charge in [0.1, 0.15) is 18.4 Å². The van der Waals surface area contributed by atoms with E-state index in [0.29, 0.717) is 39.0 Å². The van der Waals surface area contributed by atoms with E-state index in [1.165, 1.54) is 0 Å². The summed E-state index contributed by atoms with van der Waals surface area (Å²) in [4.78, 5) is 27.9. The largest absolute Gasteiger partial charge is 0.489 e. The summed E-state index contributed by atoms with van der Waals surface area (Å²) in [6, 6.07) is 27.4. The van der Waals surface area contributed by atoms with Gasteiger partial charge in [0.15, 0.2) is 0 Å². The fourth-order valence-corrected chi connectivity index (χ4v) is 4.26. The molecule has 0 saturated carbocycles. The topological polar surface area (TPSA) is 58.6 Å². The summed E-state index contributed by atoms with van der Waals surface area (Å²) in [7, 11) is 0. The van der Waals surface area contributed by atoms with Gasteiger partial charge in [0, 0.05) is 19.5 Å². The van der Waals surface area contributed by atoms with Crippen LogP contribution in [-0.2, 0) is 29.2 Å². The molecule has 1 heterocycles. The lowest BCUT2D eigenvalue weighted by atomic mass is 10.0. The maximum atomic E-state index is 13.3. The third-order valence-corrected chi connectivity index (χ3v) is 6.20. The van der Waals surface area contributed by atoms with E-state index in [1.807, 2.05) is 84.9 Å². The van der Waals surface area contributed by atoms with Crippen LogP contribution >= 0.6 is 0 Å². The van der Waals surface area contributed by atoms with Crippen LogP contribution in [0.5, 0.6) is 5.75 Å². The second-order valence-electron chi connectivity index (χ2n) is 8.73. The molecular weight excluding hydrogens is 424 g/mol. The highest BCUT2D eigenvalue weighted by Crippen LogP contribution is 2.20. The number of benzene rings is 3. The Bertz CT molecular complexity index is 1050. The zero-order valence-electron chi connectivity index (χ0n) is 19.5. The van der Waals surface area contributed by atoms with E-state index in [2.05, 4.69) is 5.32 Å². The Morgan fingerprint density at radius 1 is 0.853 bits per heavy atom. The van der Waals surface area contributed by atoms with Crippen LogP contribution in [0.1, 0.15) is 42.4 Å². The first-order valence-electron chi connectivity index (χ1n) is 12.1. The Balaban J connectivity index is 1.43. The van der Waals surface area contributed by atoms with Crippen LogP contribution < -0.4 is 10.1 Å². The molecular formula is C29H32N2O3. The molecule has 2 amide bonds. The van der Waals surface area contributed by atoms with Crippen LogP contribution in [0.3, 0.4) is 0 Å². The van der Waals surface area contributed by atoms with Crippen LogP contribution in [0.2, 0.25) is 0 Å². The van der Waals surface area contributed by atoms with Crippen molar-refractivity contribution in [2.75, 3.05) is 6.54 Å². The van der Waals surface area contributed by atoms with Crippen LogP contribution in [-0.4, -0.2) is 29.3 Å². The molecule has 3 aromatic carbocycles. The van der Waals surface area contributed by atoms with Crippen LogP contribution in [0, 0.1) is 0 Å². The standard InChI is InChI=1S/C29H32N2O3/c32-28(19-16-23-9-3-1-4-10-23)31(27-13-7-8-20-30-29(27)33)21-24-14-17-26(18-15-24)34-22-25-11-5-2-6-12-25/h1-6,9-12,14-15,17-18,27H,7-8,13,16,19-22H2,(H,30,33). The summed E-state index contributed by atoms with van der Waals surface area (Å²) in [6.45, 7) is 1.59.